The zero-order valence-electron chi connectivity index (χ0n) is 15.5. The maximum absolute atomic E-state index is 13.7. The van der Waals surface area contributed by atoms with Crippen LogP contribution >= 0.6 is 34.9 Å². The van der Waals surface area contributed by atoms with Gasteiger partial charge in [0.2, 0.25) is 0 Å². The molecule has 4 nitrogen and oxygen atoms in total. The number of phenols is 1. The van der Waals surface area contributed by atoms with E-state index in [4.69, 9.17) is 9.05 Å². The molecule has 0 aliphatic heterocycles. The molecular weight excluding hydrogens is 466 g/mol. The highest BCUT2D eigenvalue weighted by molar-refractivity contribution is 9.10. The van der Waals surface area contributed by atoms with E-state index in [1.165, 1.54) is 23.5 Å². The van der Waals surface area contributed by atoms with Crippen LogP contribution in [0.2, 0.25) is 0 Å². The summed E-state index contributed by atoms with van der Waals surface area (Å²) in [6.07, 6.45) is 0.274. The summed E-state index contributed by atoms with van der Waals surface area (Å²) in [5.74, 6) is -1.13. The quantitative estimate of drug-likeness (QED) is 0.346. The van der Waals surface area contributed by atoms with Crippen LogP contribution in [0.15, 0.2) is 46.9 Å². The standard InChI is InChI=1S/C20H21BrFO4PS/c1-3-25-27(24,26-4-2)17(12-13-9-10-15(22)16(23)11-13)20-19(21)14-7-5-6-8-18(14)28-20/h5-11,17,23H,3-4,12H2,1-2H3. The molecule has 0 spiro atoms. The SMILES string of the molecule is CCOP(=O)(OCC)C(Cc1ccc(F)c(O)c1)c1sc2ccccc2c1Br. The average molecular weight is 487 g/mol. The lowest BCUT2D eigenvalue weighted by Gasteiger charge is -2.26. The average Bonchev–Trinajstić information content (AvgIpc) is 2.99. The summed E-state index contributed by atoms with van der Waals surface area (Å²) < 4.78 is 40.4. The smallest absolute Gasteiger partial charge is 0.339 e. The van der Waals surface area contributed by atoms with Gasteiger partial charge in [-0.15, -0.1) is 11.3 Å². The number of thiophene rings is 1. The zero-order valence-corrected chi connectivity index (χ0v) is 18.8. The Hall–Kier alpha value is -1.24. The van der Waals surface area contributed by atoms with Crippen LogP contribution < -0.4 is 0 Å². The van der Waals surface area contributed by atoms with Crippen molar-refractivity contribution in [2.75, 3.05) is 13.2 Å². The fourth-order valence-corrected chi connectivity index (χ4v) is 7.89. The lowest BCUT2D eigenvalue weighted by Crippen LogP contribution is -2.09. The Kier molecular flexibility index (Phi) is 6.94. The van der Waals surface area contributed by atoms with Crippen LogP contribution in [0.3, 0.4) is 0 Å². The highest BCUT2D eigenvalue weighted by Crippen LogP contribution is 2.64. The summed E-state index contributed by atoms with van der Waals surface area (Å²) in [5.41, 5.74) is 0.0527. The maximum atomic E-state index is 13.7. The molecule has 0 saturated carbocycles. The Bertz CT molecular complexity index is 1010. The minimum absolute atomic E-state index is 0.241. The third-order valence-corrected chi connectivity index (χ3v) is 9.32. The van der Waals surface area contributed by atoms with Gasteiger partial charge in [0.1, 0.15) is 5.66 Å². The largest absolute Gasteiger partial charge is 0.505 e. The van der Waals surface area contributed by atoms with E-state index in [2.05, 4.69) is 15.9 Å². The zero-order chi connectivity index (χ0) is 20.3. The third-order valence-electron chi connectivity index (χ3n) is 4.30. The molecular formula is C20H21BrFO4PS. The second kappa shape index (κ2) is 9.06. The molecule has 0 radical (unpaired) electrons. The van der Waals surface area contributed by atoms with Crippen LogP contribution in [-0.2, 0) is 20.0 Å². The Labute approximate surface area is 176 Å². The summed E-state index contributed by atoms with van der Waals surface area (Å²) >= 11 is 5.18. The van der Waals surface area contributed by atoms with E-state index in [1.807, 2.05) is 24.3 Å². The van der Waals surface area contributed by atoms with Gasteiger partial charge in [-0.3, -0.25) is 4.57 Å². The molecule has 1 unspecified atom stereocenters. The first kappa shape index (κ1) is 21.5. The van der Waals surface area contributed by atoms with Crippen molar-refractivity contribution < 1.29 is 23.1 Å². The van der Waals surface area contributed by atoms with Gasteiger partial charge in [-0.1, -0.05) is 24.3 Å². The minimum Gasteiger partial charge on any atom is -0.505 e. The van der Waals surface area contributed by atoms with Gasteiger partial charge in [-0.2, -0.15) is 0 Å². The van der Waals surface area contributed by atoms with Crippen molar-refractivity contribution in [2.24, 2.45) is 0 Å². The van der Waals surface area contributed by atoms with Gasteiger partial charge in [-0.25, -0.2) is 4.39 Å². The van der Waals surface area contributed by atoms with Crippen LogP contribution in [0.5, 0.6) is 5.75 Å². The van der Waals surface area contributed by atoms with Gasteiger partial charge >= 0.3 is 7.60 Å². The van der Waals surface area contributed by atoms with E-state index in [-0.39, 0.29) is 19.6 Å². The van der Waals surface area contributed by atoms with Crippen LogP contribution in [0.25, 0.3) is 10.1 Å². The van der Waals surface area contributed by atoms with Gasteiger partial charge < -0.3 is 14.2 Å². The monoisotopic (exact) mass is 486 g/mol. The van der Waals surface area contributed by atoms with Gasteiger partial charge in [0.05, 0.1) is 13.2 Å². The summed E-state index contributed by atoms with van der Waals surface area (Å²) in [6, 6.07) is 12.0. The number of rotatable bonds is 8. The van der Waals surface area contributed by atoms with E-state index >= 15 is 0 Å². The second-order valence-electron chi connectivity index (χ2n) is 6.16. The molecule has 0 saturated heterocycles. The van der Waals surface area contributed by atoms with Crippen molar-refractivity contribution >= 4 is 44.9 Å². The first-order valence-corrected chi connectivity index (χ1v) is 12.1. The molecule has 0 bridgehead atoms. The second-order valence-corrected chi connectivity index (χ2v) is 10.3. The molecule has 2 aromatic carbocycles. The molecule has 1 N–H and O–H groups in total. The molecule has 150 valence electrons. The molecule has 28 heavy (non-hydrogen) atoms. The number of phenolic OH excluding ortho intramolecular Hbond substituents is 1. The van der Waals surface area contributed by atoms with Crippen LogP contribution in [-0.4, -0.2) is 18.3 Å². The molecule has 0 fully saturated rings. The van der Waals surface area contributed by atoms with E-state index in [0.717, 1.165) is 19.4 Å². The van der Waals surface area contributed by atoms with Gasteiger partial charge in [0.25, 0.3) is 0 Å². The molecule has 1 heterocycles. The molecule has 0 aliphatic rings. The number of aromatic hydroxyl groups is 1. The van der Waals surface area contributed by atoms with Crippen molar-refractivity contribution in [1.82, 2.24) is 0 Å². The number of hydrogen-bond acceptors (Lipinski definition) is 5. The Morgan fingerprint density at radius 3 is 2.46 bits per heavy atom. The molecule has 3 aromatic rings. The highest BCUT2D eigenvalue weighted by atomic mass is 79.9. The van der Waals surface area contributed by atoms with Crippen molar-refractivity contribution in [1.29, 1.82) is 0 Å². The molecule has 1 aromatic heterocycles. The van der Waals surface area contributed by atoms with Crippen LogP contribution in [0, 0.1) is 5.82 Å². The van der Waals surface area contributed by atoms with Gasteiger partial charge in [0.15, 0.2) is 11.6 Å². The van der Waals surface area contributed by atoms with Gasteiger partial charge in [0, 0.05) is 19.4 Å². The summed E-state index contributed by atoms with van der Waals surface area (Å²) in [5, 5.41) is 10.8. The molecule has 1 atom stereocenters. The first-order chi connectivity index (χ1) is 13.4. The lowest BCUT2D eigenvalue weighted by molar-refractivity contribution is 0.212. The van der Waals surface area contributed by atoms with Crippen LogP contribution in [0.4, 0.5) is 4.39 Å². The fraction of sp³-hybridized carbons (Fsp3) is 0.300. The highest BCUT2D eigenvalue weighted by Gasteiger charge is 2.39. The Morgan fingerprint density at radius 2 is 1.86 bits per heavy atom. The number of halogens is 2. The Morgan fingerprint density at radius 1 is 1.18 bits per heavy atom. The van der Waals surface area contributed by atoms with E-state index < -0.39 is 24.8 Å². The van der Waals surface area contributed by atoms with Crippen molar-refractivity contribution in [3.05, 3.63) is 63.2 Å². The van der Waals surface area contributed by atoms with Crippen LogP contribution in [0.1, 0.15) is 29.9 Å². The van der Waals surface area contributed by atoms with Gasteiger partial charge in [-0.05, 0) is 60.0 Å². The third kappa shape index (κ3) is 4.34. The fourth-order valence-electron chi connectivity index (χ4n) is 3.08. The maximum Gasteiger partial charge on any atom is 0.339 e. The van der Waals surface area contributed by atoms with E-state index in [0.29, 0.717) is 5.56 Å². The summed E-state index contributed by atoms with van der Waals surface area (Å²) in [6.45, 7) is 4.02. The topological polar surface area (TPSA) is 55.8 Å². The normalized spacial score (nSPS) is 13.1. The van der Waals surface area contributed by atoms with E-state index in [9.17, 15) is 14.1 Å². The van der Waals surface area contributed by atoms with Crippen molar-refractivity contribution in [3.63, 3.8) is 0 Å². The Balaban J connectivity index is 2.13. The van der Waals surface area contributed by atoms with Crippen molar-refractivity contribution in [3.8, 4) is 5.75 Å². The molecule has 0 aliphatic carbocycles. The molecule has 3 rings (SSSR count). The predicted molar refractivity (Wildman–Crippen MR) is 115 cm³/mol. The minimum atomic E-state index is -3.52. The number of hydrogen-bond donors (Lipinski definition) is 1. The number of benzene rings is 2. The molecule has 0 amide bonds. The lowest BCUT2D eigenvalue weighted by atomic mass is 10.1. The molecule has 8 heteroatoms. The van der Waals surface area contributed by atoms with E-state index in [1.54, 1.807) is 19.9 Å². The predicted octanol–water partition coefficient (Wildman–Crippen LogP) is 7.06. The number of fused-ring (bicyclic) bond motifs is 1. The summed E-state index contributed by atoms with van der Waals surface area (Å²) in [7, 11) is -3.52. The first-order valence-electron chi connectivity index (χ1n) is 8.92. The summed E-state index contributed by atoms with van der Waals surface area (Å²) in [4.78, 5) is 0.843. The van der Waals surface area contributed by atoms with Crippen molar-refractivity contribution in [2.45, 2.75) is 25.9 Å².